The lowest BCUT2D eigenvalue weighted by atomic mass is 10.1. The Labute approximate surface area is 115 Å². The zero-order valence-corrected chi connectivity index (χ0v) is 11.5. The molecule has 20 heavy (non-hydrogen) atoms. The number of para-hydroxylation sites is 1. The fraction of sp³-hybridized carbons (Fsp3) is 0.357. The highest BCUT2D eigenvalue weighted by Gasteiger charge is 2.33. The summed E-state index contributed by atoms with van der Waals surface area (Å²) in [5.74, 6) is 0. The van der Waals surface area contributed by atoms with E-state index in [9.17, 15) is 13.2 Å². The molecule has 6 heteroatoms. The molecule has 1 atom stereocenters. The molecule has 1 N–H and O–H groups in total. The lowest BCUT2D eigenvalue weighted by molar-refractivity contribution is -0.137. The van der Waals surface area contributed by atoms with Crippen LogP contribution >= 0.6 is 0 Å². The first-order chi connectivity index (χ1) is 9.29. The minimum Gasteiger partial charge on any atom is -0.378 e. The summed E-state index contributed by atoms with van der Waals surface area (Å²) in [7, 11) is 1.78. The molecule has 1 aromatic heterocycles. The lowest BCUT2D eigenvalue weighted by Gasteiger charge is -2.19. The molecule has 0 aliphatic carbocycles. The van der Waals surface area contributed by atoms with Gasteiger partial charge in [0.1, 0.15) is 0 Å². The summed E-state index contributed by atoms with van der Waals surface area (Å²) < 4.78 is 40.4. The molecule has 0 amide bonds. The largest absolute Gasteiger partial charge is 0.418 e. The Hall–Kier alpha value is -1.98. The molecule has 2 aromatic rings. The number of hydrogen-bond acceptors (Lipinski definition) is 2. The third kappa shape index (κ3) is 2.95. The SMILES string of the molecule is Cc1nn(C)cc1C(C)Nc1ccccc1C(F)(F)F. The zero-order valence-electron chi connectivity index (χ0n) is 11.5. The summed E-state index contributed by atoms with van der Waals surface area (Å²) in [4.78, 5) is 0. The number of halogens is 3. The summed E-state index contributed by atoms with van der Waals surface area (Å²) in [5, 5.41) is 7.11. The Bertz CT molecular complexity index is 602. The topological polar surface area (TPSA) is 29.9 Å². The molecule has 0 saturated carbocycles. The van der Waals surface area contributed by atoms with Gasteiger partial charge in [-0.2, -0.15) is 18.3 Å². The van der Waals surface area contributed by atoms with Crippen LogP contribution in [0.15, 0.2) is 30.5 Å². The van der Waals surface area contributed by atoms with Gasteiger partial charge in [0.2, 0.25) is 0 Å². The minimum absolute atomic E-state index is 0.0794. The van der Waals surface area contributed by atoms with E-state index in [-0.39, 0.29) is 11.7 Å². The molecular formula is C14H16F3N3. The van der Waals surface area contributed by atoms with Crippen molar-refractivity contribution in [3.05, 3.63) is 47.3 Å². The second-order valence-corrected chi connectivity index (χ2v) is 4.75. The fourth-order valence-corrected chi connectivity index (χ4v) is 2.21. The number of hydrogen-bond donors (Lipinski definition) is 1. The maximum absolute atomic E-state index is 12.9. The number of alkyl halides is 3. The Kier molecular flexibility index (Phi) is 3.74. The average molecular weight is 283 g/mol. The number of aryl methyl sites for hydroxylation is 2. The van der Waals surface area contributed by atoms with Crippen LogP contribution in [0, 0.1) is 6.92 Å². The average Bonchev–Trinajstić information content (AvgIpc) is 2.68. The van der Waals surface area contributed by atoms with Crippen molar-refractivity contribution in [1.82, 2.24) is 9.78 Å². The Morgan fingerprint density at radius 2 is 1.90 bits per heavy atom. The zero-order chi connectivity index (χ0) is 14.9. The second-order valence-electron chi connectivity index (χ2n) is 4.75. The molecule has 1 unspecified atom stereocenters. The monoisotopic (exact) mass is 283 g/mol. The van der Waals surface area contributed by atoms with Crippen molar-refractivity contribution in [2.24, 2.45) is 7.05 Å². The molecule has 0 spiro atoms. The molecule has 2 rings (SSSR count). The Morgan fingerprint density at radius 1 is 1.25 bits per heavy atom. The molecule has 3 nitrogen and oxygen atoms in total. The van der Waals surface area contributed by atoms with Gasteiger partial charge in [-0.25, -0.2) is 0 Å². The van der Waals surface area contributed by atoms with Crippen LogP contribution < -0.4 is 5.32 Å². The van der Waals surface area contributed by atoms with Crippen molar-refractivity contribution in [2.45, 2.75) is 26.1 Å². The molecule has 0 aliphatic rings. The van der Waals surface area contributed by atoms with Crippen LogP contribution in [0.2, 0.25) is 0 Å². The van der Waals surface area contributed by atoms with Gasteiger partial charge in [0.05, 0.1) is 17.3 Å². The van der Waals surface area contributed by atoms with Gasteiger partial charge < -0.3 is 5.32 Å². The molecule has 0 aliphatic heterocycles. The van der Waals surface area contributed by atoms with Gasteiger partial charge in [0.15, 0.2) is 0 Å². The van der Waals surface area contributed by atoms with E-state index >= 15 is 0 Å². The predicted octanol–water partition coefficient (Wildman–Crippen LogP) is 3.92. The van der Waals surface area contributed by atoms with Gasteiger partial charge in [0.25, 0.3) is 0 Å². The molecule has 0 radical (unpaired) electrons. The van der Waals surface area contributed by atoms with Crippen molar-refractivity contribution in [3.8, 4) is 0 Å². The highest BCUT2D eigenvalue weighted by molar-refractivity contribution is 5.54. The van der Waals surface area contributed by atoms with Crippen LogP contribution in [0.4, 0.5) is 18.9 Å². The van der Waals surface area contributed by atoms with Crippen molar-refractivity contribution in [1.29, 1.82) is 0 Å². The Balaban J connectivity index is 2.29. The van der Waals surface area contributed by atoms with Gasteiger partial charge in [-0.05, 0) is 26.0 Å². The highest BCUT2D eigenvalue weighted by atomic mass is 19.4. The molecule has 1 aromatic carbocycles. The lowest BCUT2D eigenvalue weighted by Crippen LogP contribution is -2.13. The number of anilines is 1. The predicted molar refractivity (Wildman–Crippen MR) is 71.4 cm³/mol. The van der Waals surface area contributed by atoms with Crippen LogP contribution in [-0.4, -0.2) is 9.78 Å². The third-order valence-corrected chi connectivity index (χ3v) is 3.12. The normalized spacial score (nSPS) is 13.3. The smallest absolute Gasteiger partial charge is 0.378 e. The van der Waals surface area contributed by atoms with E-state index in [1.807, 2.05) is 20.0 Å². The summed E-state index contributed by atoms with van der Waals surface area (Å²) in [5.41, 5.74) is 1.10. The van der Waals surface area contributed by atoms with Gasteiger partial charge in [0, 0.05) is 24.5 Å². The molecule has 1 heterocycles. The standard InChI is InChI=1S/C14H16F3N3/c1-9(11-8-20(3)19-10(11)2)18-13-7-5-4-6-12(13)14(15,16)17/h4-9,18H,1-3H3. The quantitative estimate of drug-likeness (QED) is 0.925. The second kappa shape index (κ2) is 5.19. The Morgan fingerprint density at radius 3 is 2.45 bits per heavy atom. The van der Waals surface area contributed by atoms with E-state index in [1.54, 1.807) is 17.8 Å². The summed E-state index contributed by atoms with van der Waals surface area (Å²) in [6.07, 6.45) is -2.56. The van der Waals surface area contributed by atoms with Crippen LogP contribution in [-0.2, 0) is 13.2 Å². The van der Waals surface area contributed by atoms with Crippen LogP contribution in [0.25, 0.3) is 0 Å². The third-order valence-electron chi connectivity index (χ3n) is 3.12. The van der Waals surface area contributed by atoms with E-state index in [1.165, 1.54) is 12.1 Å². The van der Waals surface area contributed by atoms with Gasteiger partial charge in [-0.3, -0.25) is 4.68 Å². The molecule has 0 fully saturated rings. The summed E-state index contributed by atoms with van der Waals surface area (Å²) >= 11 is 0. The van der Waals surface area contributed by atoms with Crippen molar-refractivity contribution < 1.29 is 13.2 Å². The van der Waals surface area contributed by atoms with Crippen LogP contribution in [0.1, 0.15) is 29.8 Å². The van der Waals surface area contributed by atoms with E-state index < -0.39 is 11.7 Å². The van der Waals surface area contributed by atoms with Crippen molar-refractivity contribution >= 4 is 5.69 Å². The molecule has 0 saturated heterocycles. The number of nitrogens with one attached hydrogen (secondary N) is 1. The van der Waals surface area contributed by atoms with E-state index in [4.69, 9.17) is 0 Å². The van der Waals surface area contributed by atoms with Gasteiger partial charge >= 0.3 is 6.18 Å². The van der Waals surface area contributed by atoms with Gasteiger partial charge in [-0.1, -0.05) is 12.1 Å². The summed E-state index contributed by atoms with van der Waals surface area (Å²) in [6.45, 7) is 3.65. The fourth-order valence-electron chi connectivity index (χ4n) is 2.21. The van der Waals surface area contributed by atoms with Crippen molar-refractivity contribution in [2.75, 3.05) is 5.32 Å². The maximum Gasteiger partial charge on any atom is 0.418 e. The first-order valence-electron chi connectivity index (χ1n) is 6.22. The minimum atomic E-state index is -4.37. The van der Waals surface area contributed by atoms with Crippen molar-refractivity contribution in [3.63, 3.8) is 0 Å². The van der Waals surface area contributed by atoms with E-state index in [2.05, 4.69) is 10.4 Å². The first-order valence-corrected chi connectivity index (χ1v) is 6.22. The number of benzene rings is 1. The first kappa shape index (κ1) is 14.4. The molecule has 0 bridgehead atoms. The van der Waals surface area contributed by atoms with Crippen LogP contribution in [0.3, 0.4) is 0 Å². The van der Waals surface area contributed by atoms with Gasteiger partial charge in [-0.15, -0.1) is 0 Å². The molecular weight excluding hydrogens is 267 g/mol. The maximum atomic E-state index is 12.9. The number of aromatic nitrogens is 2. The highest BCUT2D eigenvalue weighted by Crippen LogP contribution is 2.36. The summed E-state index contributed by atoms with van der Waals surface area (Å²) in [6, 6.07) is 5.22. The number of rotatable bonds is 3. The van der Waals surface area contributed by atoms with E-state index in [0.717, 1.165) is 17.3 Å². The number of nitrogens with zero attached hydrogens (tertiary/aromatic N) is 2. The molecule has 108 valence electrons. The van der Waals surface area contributed by atoms with Crippen LogP contribution in [0.5, 0.6) is 0 Å². The van der Waals surface area contributed by atoms with E-state index in [0.29, 0.717) is 0 Å².